The van der Waals surface area contributed by atoms with Crippen molar-refractivity contribution < 1.29 is 14.4 Å². The first-order valence-electron chi connectivity index (χ1n) is 13.1. The minimum absolute atomic E-state index is 0.0974. The van der Waals surface area contributed by atoms with Gasteiger partial charge in [0.2, 0.25) is 17.7 Å². The Morgan fingerprint density at radius 2 is 1.76 bits per heavy atom. The number of nitrogens with zero attached hydrogens (tertiary/aromatic N) is 4. The number of rotatable bonds is 11. The number of hydrogen-bond acceptors (Lipinski definition) is 5. The fraction of sp³-hybridized carbons (Fsp3) is 0.345. The summed E-state index contributed by atoms with van der Waals surface area (Å²) in [5.74, 6) is -0.622. The van der Waals surface area contributed by atoms with Crippen LogP contribution < -0.4 is 16.0 Å². The number of fused-ring (bicyclic) bond motifs is 5. The number of carbonyl (C=O) groups is 3. The molecule has 3 N–H and O–H groups in total. The molecule has 0 saturated carbocycles. The number of carbonyl (C=O) groups excluding carboxylic acids is 3. The number of primary amides is 1. The minimum Gasteiger partial charge on any atom is -0.370 e. The van der Waals surface area contributed by atoms with Gasteiger partial charge in [-0.2, -0.15) is 0 Å². The highest BCUT2D eigenvalue weighted by molar-refractivity contribution is 6.01. The molecule has 9 heteroatoms. The van der Waals surface area contributed by atoms with Crippen molar-refractivity contribution in [2.45, 2.75) is 58.5 Å². The summed E-state index contributed by atoms with van der Waals surface area (Å²) >= 11 is 0. The number of aryl methyl sites for hydroxylation is 1. The number of benzene rings is 2. The van der Waals surface area contributed by atoms with E-state index in [1.165, 1.54) is 0 Å². The monoisotopic (exact) mass is 514 g/mol. The van der Waals surface area contributed by atoms with Gasteiger partial charge >= 0.3 is 0 Å². The molecule has 198 valence electrons. The molecule has 1 aromatic heterocycles. The number of unbranched alkanes of at least 4 members (excludes halogenated alkanes) is 1. The Morgan fingerprint density at radius 1 is 1.00 bits per heavy atom. The Balaban J connectivity index is 1.62. The molecular formula is C29H34N6O3. The van der Waals surface area contributed by atoms with Crippen LogP contribution in [0.5, 0.6) is 0 Å². The molecule has 4 rings (SSSR count). The van der Waals surface area contributed by atoms with Crippen LogP contribution in [0.4, 0.5) is 5.69 Å². The zero-order chi connectivity index (χ0) is 26.9. The van der Waals surface area contributed by atoms with E-state index >= 15 is 0 Å². The van der Waals surface area contributed by atoms with Crippen molar-refractivity contribution in [1.29, 1.82) is 0 Å². The average molecular weight is 515 g/mol. The van der Waals surface area contributed by atoms with Crippen LogP contribution in [-0.2, 0) is 27.5 Å². The van der Waals surface area contributed by atoms with Gasteiger partial charge in [-0.1, -0.05) is 59.8 Å². The third-order valence-electron chi connectivity index (χ3n) is 6.55. The number of nitrogens with one attached hydrogen (secondary N) is 1. The molecule has 0 spiro atoms. The molecule has 0 radical (unpaired) electrons. The summed E-state index contributed by atoms with van der Waals surface area (Å²) in [6, 6.07) is 15.5. The van der Waals surface area contributed by atoms with Gasteiger partial charge in [-0.25, -0.2) is 4.68 Å². The Bertz CT molecular complexity index is 1330. The van der Waals surface area contributed by atoms with Crippen LogP contribution in [0.15, 0.2) is 60.7 Å². The molecule has 2 heterocycles. The van der Waals surface area contributed by atoms with Crippen molar-refractivity contribution in [3.8, 4) is 22.5 Å². The second-order valence-electron chi connectivity index (χ2n) is 9.30. The van der Waals surface area contributed by atoms with Crippen LogP contribution in [0, 0.1) is 0 Å². The number of allylic oxidation sites excluding steroid dienone is 2. The van der Waals surface area contributed by atoms with E-state index in [0.717, 1.165) is 46.6 Å². The summed E-state index contributed by atoms with van der Waals surface area (Å²) < 4.78 is 1.78. The lowest BCUT2D eigenvalue weighted by atomic mass is 9.95. The molecule has 0 aliphatic carbocycles. The molecule has 38 heavy (non-hydrogen) atoms. The number of nitrogens with two attached hydrogens (primary N) is 1. The van der Waals surface area contributed by atoms with E-state index in [0.29, 0.717) is 26.1 Å². The molecule has 1 aliphatic rings. The molecule has 0 saturated heterocycles. The molecule has 0 unspecified atom stereocenters. The predicted molar refractivity (Wildman–Crippen MR) is 147 cm³/mol. The van der Waals surface area contributed by atoms with Crippen LogP contribution in [0.1, 0.15) is 51.0 Å². The molecule has 1 aliphatic heterocycles. The minimum atomic E-state index is -0.364. The number of anilines is 1. The van der Waals surface area contributed by atoms with Gasteiger partial charge in [0.05, 0.1) is 17.9 Å². The fourth-order valence-electron chi connectivity index (χ4n) is 4.66. The van der Waals surface area contributed by atoms with E-state index < -0.39 is 0 Å². The van der Waals surface area contributed by atoms with Gasteiger partial charge in [0.15, 0.2) is 0 Å². The van der Waals surface area contributed by atoms with E-state index in [-0.39, 0.29) is 37.0 Å². The van der Waals surface area contributed by atoms with Gasteiger partial charge in [-0.05, 0) is 37.8 Å². The summed E-state index contributed by atoms with van der Waals surface area (Å²) in [5.41, 5.74) is 10.3. The van der Waals surface area contributed by atoms with Crippen LogP contribution in [-0.4, -0.2) is 39.3 Å². The molecular weight excluding hydrogens is 480 g/mol. The van der Waals surface area contributed by atoms with E-state index in [2.05, 4.69) is 21.7 Å². The Hall–Kier alpha value is -4.27. The highest BCUT2D eigenvalue weighted by atomic mass is 16.2. The lowest BCUT2D eigenvalue weighted by molar-refractivity contribution is -0.125. The van der Waals surface area contributed by atoms with E-state index in [1.807, 2.05) is 61.5 Å². The molecule has 3 aromatic rings. The van der Waals surface area contributed by atoms with E-state index in [1.54, 1.807) is 9.58 Å². The first kappa shape index (κ1) is 26.8. The standard InChI is InChI=1S/C29H34N6O3/c1-2-3-4-9-18-31-26(37)16-17-27(38)34-20-21-11-5-6-12-22(21)28-29(23-13-7-8-14-24(23)34)35(33-32-28)19-10-15-25(30)36/h2-3,5-8,11-14H,4,9-10,15-20H2,1H3,(H2,30,36)(H,31,37)/b3-2-. The average Bonchev–Trinajstić information content (AvgIpc) is 3.32. The lowest BCUT2D eigenvalue weighted by Crippen LogP contribution is -2.33. The van der Waals surface area contributed by atoms with Crippen molar-refractivity contribution in [2.75, 3.05) is 11.4 Å². The van der Waals surface area contributed by atoms with Gasteiger partial charge in [0, 0.05) is 43.5 Å². The summed E-state index contributed by atoms with van der Waals surface area (Å²) in [7, 11) is 0. The lowest BCUT2D eigenvalue weighted by Gasteiger charge is -2.28. The second-order valence-corrected chi connectivity index (χ2v) is 9.30. The van der Waals surface area contributed by atoms with Gasteiger partial charge in [-0.3, -0.25) is 14.4 Å². The van der Waals surface area contributed by atoms with Gasteiger partial charge < -0.3 is 16.0 Å². The van der Waals surface area contributed by atoms with Crippen molar-refractivity contribution in [2.24, 2.45) is 5.73 Å². The van der Waals surface area contributed by atoms with Gasteiger partial charge in [0.1, 0.15) is 5.69 Å². The number of aromatic nitrogens is 3. The van der Waals surface area contributed by atoms with Crippen molar-refractivity contribution >= 4 is 23.4 Å². The zero-order valence-electron chi connectivity index (χ0n) is 21.7. The fourth-order valence-corrected chi connectivity index (χ4v) is 4.66. The van der Waals surface area contributed by atoms with Gasteiger partial charge in [0.25, 0.3) is 0 Å². The molecule has 3 amide bonds. The molecule has 0 bridgehead atoms. The third kappa shape index (κ3) is 6.34. The maximum absolute atomic E-state index is 13.6. The normalized spacial score (nSPS) is 12.3. The molecule has 2 aromatic carbocycles. The number of amides is 3. The summed E-state index contributed by atoms with van der Waals surface area (Å²) in [4.78, 5) is 39.0. The second kappa shape index (κ2) is 12.8. The zero-order valence-corrected chi connectivity index (χ0v) is 21.7. The van der Waals surface area contributed by atoms with Crippen molar-refractivity contribution in [3.05, 3.63) is 66.2 Å². The predicted octanol–water partition coefficient (Wildman–Crippen LogP) is 3.98. The first-order valence-corrected chi connectivity index (χ1v) is 13.1. The van der Waals surface area contributed by atoms with Crippen LogP contribution in [0.25, 0.3) is 22.5 Å². The summed E-state index contributed by atoms with van der Waals surface area (Å²) in [6.07, 6.45) is 6.83. The highest BCUT2D eigenvalue weighted by Gasteiger charge is 2.29. The van der Waals surface area contributed by atoms with Crippen LogP contribution >= 0.6 is 0 Å². The molecule has 0 fully saturated rings. The largest absolute Gasteiger partial charge is 0.370 e. The third-order valence-corrected chi connectivity index (χ3v) is 6.55. The van der Waals surface area contributed by atoms with Crippen molar-refractivity contribution in [3.63, 3.8) is 0 Å². The maximum atomic E-state index is 13.6. The first-order chi connectivity index (χ1) is 18.5. The Kier molecular flexibility index (Phi) is 9.02. The van der Waals surface area contributed by atoms with Crippen LogP contribution in [0.2, 0.25) is 0 Å². The number of para-hydroxylation sites is 1. The molecule has 0 atom stereocenters. The quantitative estimate of drug-likeness (QED) is 0.296. The highest BCUT2D eigenvalue weighted by Crippen LogP contribution is 2.41. The summed E-state index contributed by atoms with van der Waals surface area (Å²) in [6.45, 7) is 3.38. The van der Waals surface area contributed by atoms with E-state index in [4.69, 9.17) is 5.73 Å². The summed E-state index contributed by atoms with van der Waals surface area (Å²) in [5, 5.41) is 11.8. The topological polar surface area (TPSA) is 123 Å². The number of hydrogen-bond donors (Lipinski definition) is 2. The Labute approximate surface area is 222 Å². The van der Waals surface area contributed by atoms with E-state index in [9.17, 15) is 14.4 Å². The smallest absolute Gasteiger partial charge is 0.227 e. The van der Waals surface area contributed by atoms with Gasteiger partial charge in [-0.15, -0.1) is 5.10 Å². The maximum Gasteiger partial charge on any atom is 0.227 e. The Morgan fingerprint density at radius 3 is 2.55 bits per heavy atom. The SMILES string of the molecule is C/C=C\CCCNC(=O)CCC(=O)N1Cc2ccccc2-c2nnn(CCCC(N)=O)c2-c2ccccc21. The van der Waals surface area contributed by atoms with Crippen LogP contribution in [0.3, 0.4) is 0 Å². The molecule has 9 nitrogen and oxygen atoms in total. The van der Waals surface area contributed by atoms with Crippen molar-refractivity contribution in [1.82, 2.24) is 20.3 Å².